The van der Waals surface area contributed by atoms with Crippen LogP contribution >= 0.6 is 0 Å². The fourth-order valence-electron chi connectivity index (χ4n) is 1.73. The van der Waals surface area contributed by atoms with E-state index < -0.39 is 11.8 Å². The normalized spacial score (nSPS) is 10.1. The molecule has 0 unspecified atom stereocenters. The van der Waals surface area contributed by atoms with Crippen molar-refractivity contribution < 1.29 is 19.0 Å². The van der Waals surface area contributed by atoms with Crippen LogP contribution in [0.3, 0.4) is 0 Å². The second-order valence-electron chi connectivity index (χ2n) is 4.08. The number of halogens is 1. The van der Waals surface area contributed by atoms with Crippen LogP contribution in [0.4, 0.5) is 21.5 Å². The number of nitrogens with two attached hydrogens (primary N) is 1. The smallest absolute Gasteiger partial charge is 0.337 e. The van der Waals surface area contributed by atoms with Gasteiger partial charge in [-0.05, 0) is 24.3 Å². The number of benzene rings is 2. The SMILES string of the molecule is COc1cccc(Nc2cc(C(=O)O)c(N)cc2F)c1. The van der Waals surface area contributed by atoms with Gasteiger partial charge in [-0.25, -0.2) is 9.18 Å². The molecule has 2 aromatic rings. The number of ether oxygens (including phenoxy) is 1. The summed E-state index contributed by atoms with van der Waals surface area (Å²) in [6, 6.07) is 8.98. The first-order valence-electron chi connectivity index (χ1n) is 5.74. The average molecular weight is 276 g/mol. The maximum Gasteiger partial charge on any atom is 0.337 e. The number of aromatic carboxylic acids is 1. The van der Waals surface area contributed by atoms with Gasteiger partial charge in [0.2, 0.25) is 0 Å². The van der Waals surface area contributed by atoms with E-state index in [1.165, 1.54) is 7.11 Å². The van der Waals surface area contributed by atoms with Crippen LogP contribution in [0.25, 0.3) is 0 Å². The first-order valence-corrected chi connectivity index (χ1v) is 5.74. The van der Waals surface area contributed by atoms with E-state index >= 15 is 0 Å². The summed E-state index contributed by atoms with van der Waals surface area (Å²) < 4.78 is 18.9. The number of rotatable bonds is 4. The van der Waals surface area contributed by atoms with Gasteiger partial charge in [0.15, 0.2) is 0 Å². The highest BCUT2D eigenvalue weighted by Crippen LogP contribution is 2.27. The Morgan fingerprint density at radius 2 is 2.10 bits per heavy atom. The number of carbonyl (C=O) groups is 1. The van der Waals surface area contributed by atoms with Crippen molar-refractivity contribution in [1.29, 1.82) is 0 Å². The topological polar surface area (TPSA) is 84.6 Å². The highest BCUT2D eigenvalue weighted by Gasteiger charge is 2.13. The van der Waals surface area contributed by atoms with Crippen molar-refractivity contribution in [2.45, 2.75) is 0 Å². The Hall–Kier alpha value is -2.76. The number of hydrogen-bond donors (Lipinski definition) is 3. The fraction of sp³-hybridized carbons (Fsp3) is 0.0714. The predicted molar refractivity (Wildman–Crippen MR) is 74.0 cm³/mol. The molecule has 6 heteroatoms. The third-order valence-electron chi connectivity index (χ3n) is 2.72. The van der Waals surface area contributed by atoms with E-state index in [0.717, 1.165) is 12.1 Å². The first kappa shape index (κ1) is 13.7. The van der Waals surface area contributed by atoms with Gasteiger partial charge >= 0.3 is 5.97 Å². The number of hydrogen-bond acceptors (Lipinski definition) is 4. The molecular weight excluding hydrogens is 263 g/mol. The molecule has 104 valence electrons. The van der Waals surface area contributed by atoms with Crippen molar-refractivity contribution >= 4 is 23.0 Å². The Balaban J connectivity index is 2.37. The summed E-state index contributed by atoms with van der Waals surface area (Å²) in [5, 5.41) is 11.8. The molecule has 4 N–H and O–H groups in total. The molecule has 0 aliphatic heterocycles. The van der Waals surface area contributed by atoms with E-state index in [0.29, 0.717) is 11.4 Å². The van der Waals surface area contributed by atoms with Crippen LogP contribution < -0.4 is 15.8 Å². The van der Waals surface area contributed by atoms with Crippen LogP contribution in [0, 0.1) is 5.82 Å². The largest absolute Gasteiger partial charge is 0.497 e. The summed E-state index contributed by atoms with van der Waals surface area (Å²) in [6.07, 6.45) is 0. The van der Waals surface area contributed by atoms with E-state index in [2.05, 4.69) is 5.32 Å². The number of methoxy groups -OCH3 is 1. The third-order valence-corrected chi connectivity index (χ3v) is 2.72. The van der Waals surface area contributed by atoms with E-state index in [4.69, 9.17) is 15.6 Å². The summed E-state index contributed by atoms with van der Waals surface area (Å²) in [5.41, 5.74) is 5.79. The molecule has 0 saturated carbocycles. The molecule has 0 heterocycles. The molecular formula is C14H13FN2O3. The zero-order valence-electron chi connectivity index (χ0n) is 10.7. The van der Waals surface area contributed by atoms with Crippen LogP contribution in [-0.2, 0) is 0 Å². The minimum Gasteiger partial charge on any atom is -0.497 e. The highest BCUT2D eigenvalue weighted by atomic mass is 19.1. The average Bonchev–Trinajstić information content (AvgIpc) is 2.41. The minimum atomic E-state index is -1.21. The second-order valence-corrected chi connectivity index (χ2v) is 4.08. The molecule has 0 atom stereocenters. The van der Waals surface area contributed by atoms with Gasteiger partial charge < -0.3 is 20.9 Å². The lowest BCUT2D eigenvalue weighted by atomic mass is 10.1. The molecule has 0 radical (unpaired) electrons. The summed E-state index contributed by atoms with van der Waals surface area (Å²) in [4.78, 5) is 11.0. The van der Waals surface area contributed by atoms with Gasteiger partial charge in [-0.1, -0.05) is 6.07 Å². The molecule has 0 amide bonds. The van der Waals surface area contributed by atoms with Crippen molar-refractivity contribution in [2.24, 2.45) is 0 Å². The molecule has 2 aromatic carbocycles. The van der Waals surface area contributed by atoms with Crippen LogP contribution in [0.1, 0.15) is 10.4 Å². The van der Waals surface area contributed by atoms with E-state index in [-0.39, 0.29) is 16.9 Å². The Morgan fingerprint density at radius 1 is 1.35 bits per heavy atom. The Bertz CT molecular complexity index is 659. The van der Waals surface area contributed by atoms with E-state index in [1.807, 2.05) is 0 Å². The number of carboxylic acids is 1. The fourth-order valence-corrected chi connectivity index (χ4v) is 1.73. The van der Waals surface area contributed by atoms with Crippen molar-refractivity contribution in [3.8, 4) is 5.75 Å². The number of anilines is 3. The van der Waals surface area contributed by atoms with Crippen molar-refractivity contribution in [3.63, 3.8) is 0 Å². The quantitative estimate of drug-likeness (QED) is 0.748. The standard InChI is InChI=1S/C14H13FN2O3/c1-20-9-4-2-3-8(5-9)17-13-6-10(14(18)19)12(16)7-11(13)15/h2-7,17H,16H2,1H3,(H,18,19). The molecule has 0 spiro atoms. The Kier molecular flexibility index (Phi) is 3.74. The molecule has 0 fully saturated rings. The predicted octanol–water partition coefficient (Wildman–Crippen LogP) is 2.86. The molecule has 2 rings (SSSR count). The summed E-state index contributed by atoms with van der Waals surface area (Å²) in [7, 11) is 1.52. The number of nitrogen functional groups attached to an aromatic ring is 1. The van der Waals surface area contributed by atoms with Crippen molar-refractivity contribution in [1.82, 2.24) is 0 Å². The summed E-state index contributed by atoms with van der Waals surface area (Å²) in [6.45, 7) is 0. The molecule has 0 aliphatic rings. The van der Waals surface area contributed by atoms with E-state index in [1.54, 1.807) is 24.3 Å². The molecule has 0 saturated heterocycles. The van der Waals surface area contributed by atoms with Crippen molar-refractivity contribution in [2.75, 3.05) is 18.2 Å². The summed E-state index contributed by atoms with van der Waals surface area (Å²) >= 11 is 0. The van der Waals surface area contributed by atoms with Gasteiger partial charge in [-0.2, -0.15) is 0 Å². The van der Waals surface area contributed by atoms with Gasteiger partial charge in [0.25, 0.3) is 0 Å². The Morgan fingerprint density at radius 3 is 2.75 bits per heavy atom. The second kappa shape index (κ2) is 5.48. The maximum atomic E-state index is 13.8. The molecule has 5 nitrogen and oxygen atoms in total. The van der Waals surface area contributed by atoms with Gasteiger partial charge in [-0.3, -0.25) is 0 Å². The van der Waals surface area contributed by atoms with Crippen LogP contribution in [0.15, 0.2) is 36.4 Å². The van der Waals surface area contributed by atoms with Crippen LogP contribution in [0.2, 0.25) is 0 Å². The first-order chi connectivity index (χ1) is 9.51. The lowest BCUT2D eigenvalue weighted by Crippen LogP contribution is -2.05. The Labute approximate surface area is 114 Å². The van der Waals surface area contributed by atoms with Gasteiger partial charge in [0, 0.05) is 17.4 Å². The minimum absolute atomic E-state index is 0.0323. The van der Waals surface area contributed by atoms with Crippen molar-refractivity contribution in [3.05, 3.63) is 47.8 Å². The highest BCUT2D eigenvalue weighted by molar-refractivity contribution is 5.95. The maximum absolute atomic E-state index is 13.8. The number of nitrogens with one attached hydrogen (secondary N) is 1. The zero-order chi connectivity index (χ0) is 14.7. The lowest BCUT2D eigenvalue weighted by molar-refractivity contribution is 0.0698. The van der Waals surface area contributed by atoms with Gasteiger partial charge in [-0.15, -0.1) is 0 Å². The van der Waals surface area contributed by atoms with Gasteiger partial charge in [0.05, 0.1) is 18.4 Å². The third kappa shape index (κ3) is 2.80. The monoisotopic (exact) mass is 276 g/mol. The van der Waals surface area contributed by atoms with E-state index in [9.17, 15) is 9.18 Å². The molecule has 0 bridgehead atoms. The zero-order valence-corrected chi connectivity index (χ0v) is 10.7. The van der Waals surface area contributed by atoms with Crippen LogP contribution in [0.5, 0.6) is 5.75 Å². The van der Waals surface area contributed by atoms with Crippen LogP contribution in [-0.4, -0.2) is 18.2 Å². The molecule has 20 heavy (non-hydrogen) atoms. The number of carboxylic acid groups (broad SMARTS) is 1. The molecule has 0 aromatic heterocycles. The van der Waals surface area contributed by atoms with Gasteiger partial charge in [0.1, 0.15) is 11.6 Å². The molecule has 0 aliphatic carbocycles. The lowest BCUT2D eigenvalue weighted by Gasteiger charge is -2.11. The summed E-state index contributed by atoms with van der Waals surface area (Å²) in [5.74, 6) is -1.24.